The summed E-state index contributed by atoms with van der Waals surface area (Å²) < 4.78 is 34.6. The highest BCUT2D eigenvalue weighted by atomic mass is 19.3. The highest BCUT2D eigenvalue weighted by Gasteiger charge is 2.44. The number of halogens is 2. The second kappa shape index (κ2) is 5.08. The number of nitrogens with one attached hydrogen (secondary N) is 1. The van der Waals surface area contributed by atoms with Crippen molar-refractivity contribution in [3.05, 3.63) is 28.3 Å². The molecular formula is C15H21F2NO. The first-order valence-electron chi connectivity index (χ1n) is 6.63. The van der Waals surface area contributed by atoms with Crippen LogP contribution in [-0.2, 0) is 5.92 Å². The zero-order valence-corrected chi connectivity index (χ0v) is 11.9. The molecule has 0 saturated carbocycles. The van der Waals surface area contributed by atoms with Crippen molar-refractivity contribution in [2.24, 2.45) is 5.92 Å². The van der Waals surface area contributed by atoms with Crippen molar-refractivity contribution in [3.63, 3.8) is 0 Å². The van der Waals surface area contributed by atoms with Crippen LogP contribution in [0.4, 0.5) is 8.78 Å². The van der Waals surface area contributed by atoms with Gasteiger partial charge in [-0.05, 0) is 56.5 Å². The Morgan fingerprint density at radius 2 is 1.95 bits per heavy atom. The van der Waals surface area contributed by atoms with Crippen LogP contribution in [0.5, 0.6) is 5.75 Å². The number of benzene rings is 1. The number of ether oxygens (including phenoxy) is 1. The van der Waals surface area contributed by atoms with E-state index in [1.807, 2.05) is 13.8 Å². The Hall–Kier alpha value is -1.16. The van der Waals surface area contributed by atoms with Crippen LogP contribution in [0.1, 0.15) is 28.7 Å². The Labute approximate surface area is 113 Å². The molecule has 0 amide bonds. The molecule has 19 heavy (non-hydrogen) atoms. The van der Waals surface area contributed by atoms with Gasteiger partial charge in [-0.3, -0.25) is 0 Å². The molecule has 1 aliphatic rings. The minimum Gasteiger partial charge on any atom is -0.496 e. The fourth-order valence-electron chi connectivity index (χ4n) is 2.90. The molecular weight excluding hydrogens is 248 g/mol. The van der Waals surface area contributed by atoms with Crippen molar-refractivity contribution in [2.45, 2.75) is 33.1 Å². The fourth-order valence-corrected chi connectivity index (χ4v) is 2.90. The topological polar surface area (TPSA) is 21.3 Å². The maximum absolute atomic E-state index is 14.6. The summed E-state index contributed by atoms with van der Waals surface area (Å²) in [6.07, 6.45) is 0.524. The van der Waals surface area contributed by atoms with Crippen LogP contribution in [0.25, 0.3) is 0 Å². The Bertz CT molecular complexity index is 480. The number of rotatable bonds is 3. The molecule has 0 bridgehead atoms. The van der Waals surface area contributed by atoms with Crippen LogP contribution in [0.3, 0.4) is 0 Å². The Balaban J connectivity index is 2.50. The zero-order valence-electron chi connectivity index (χ0n) is 11.9. The smallest absolute Gasteiger partial charge is 0.277 e. The van der Waals surface area contributed by atoms with Crippen LogP contribution >= 0.6 is 0 Å². The summed E-state index contributed by atoms with van der Waals surface area (Å²) in [5.74, 6) is -2.69. The van der Waals surface area contributed by atoms with Gasteiger partial charge in [0.1, 0.15) is 5.75 Å². The Kier molecular flexibility index (Phi) is 3.81. The van der Waals surface area contributed by atoms with Crippen LogP contribution < -0.4 is 10.1 Å². The number of alkyl halides is 2. The van der Waals surface area contributed by atoms with E-state index in [1.165, 1.54) is 0 Å². The van der Waals surface area contributed by atoms with Gasteiger partial charge in [0.15, 0.2) is 0 Å². The minimum absolute atomic E-state index is 0.150. The highest BCUT2D eigenvalue weighted by Crippen LogP contribution is 2.43. The largest absolute Gasteiger partial charge is 0.496 e. The summed E-state index contributed by atoms with van der Waals surface area (Å²) >= 11 is 0. The molecule has 1 aromatic carbocycles. The van der Waals surface area contributed by atoms with Gasteiger partial charge in [-0.15, -0.1) is 0 Å². The lowest BCUT2D eigenvalue weighted by atomic mass is 9.87. The van der Waals surface area contributed by atoms with Crippen molar-refractivity contribution < 1.29 is 13.5 Å². The molecule has 0 aromatic heterocycles. The molecule has 0 radical (unpaired) electrons. The predicted molar refractivity (Wildman–Crippen MR) is 72.1 cm³/mol. The summed E-state index contributed by atoms with van der Waals surface area (Å²) in [5, 5.41) is 3.01. The lowest BCUT2D eigenvalue weighted by Gasteiger charge is -2.26. The van der Waals surface area contributed by atoms with Gasteiger partial charge in [-0.2, -0.15) is 0 Å². The van der Waals surface area contributed by atoms with Crippen molar-refractivity contribution in [1.82, 2.24) is 5.32 Å². The monoisotopic (exact) mass is 269 g/mol. The maximum Gasteiger partial charge on any atom is 0.277 e. The average Bonchev–Trinajstić information content (AvgIpc) is 2.88. The lowest BCUT2D eigenvalue weighted by molar-refractivity contribution is -0.0582. The summed E-state index contributed by atoms with van der Waals surface area (Å²) in [6.45, 7) is 6.47. The van der Waals surface area contributed by atoms with E-state index in [1.54, 1.807) is 20.1 Å². The van der Waals surface area contributed by atoms with E-state index >= 15 is 0 Å². The first kappa shape index (κ1) is 14.3. The molecule has 2 nitrogen and oxygen atoms in total. The molecule has 1 unspecified atom stereocenters. The quantitative estimate of drug-likeness (QED) is 0.909. The molecule has 1 N–H and O–H groups in total. The molecule has 1 atom stereocenters. The van der Waals surface area contributed by atoms with E-state index in [4.69, 9.17) is 4.74 Å². The lowest BCUT2D eigenvalue weighted by Crippen LogP contribution is -2.29. The van der Waals surface area contributed by atoms with Crippen LogP contribution in [0.15, 0.2) is 6.07 Å². The summed E-state index contributed by atoms with van der Waals surface area (Å²) in [4.78, 5) is 0. The van der Waals surface area contributed by atoms with Gasteiger partial charge < -0.3 is 10.1 Å². The first-order chi connectivity index (χ1) is 8.89. The van der Waals surface area contributed by atoms with Gasteiger partial charge >= 0.3 is 0 Å². The average molecular weight is 269 g/mol. The van der Waals surface area contributed by atoms with Gasteiger partial charge in [-0.1, -0.05) is 0 Å². The molecule has 1 aromatic rings. The molecule has 0 spiro atoms. The molecule has 4 heteroatoms. The van der Waals surface area contributed by atoms with Crippen molar-refractivity contribution in [1.29, 1.82) is 0 Å². The molecule has 1 heterocycles. The summed E-state index contributed by atoms with van der Waals surface area (Å²) in [6, 6.07) is 1.58. The van der Waals surface area contributed by atoms with Gasteiger partial charge in [0.05, 0.1) is 7.11 Å². The molecule has 1 fully saturated rings. The third-order valence-electron chi connectivity index (χ3n) is 4.16. The van der Waals surface area contributed by atoms with Crippen LogP contribution in [-0.4, -0.2) is 20.2 Å². The normalized spacial score (nSPS) is 19.8. The standard InChI is InChI=1S/C15H21F2NO/c1-9-7-13(10(2)11(3)14(9)19-4)15(16,17)12-5-6-18-8-12/h7,12,18H,5-6,8H2,1-4H3. The summed E-state index contributed by atoms with van der Waals surface area (Å²) in [5.41, 5.74) is 2.37. The Morgan fingerprint density at radius 3 is 2.47 bits per heavy atom. The van der Waals surface area contributed by atoms with Gasteiger partial charge in [0, 0.05) is 18.0 Å². The van der Waals surface area contributed by atoms with Crippen molar-refractivity contribution in [3.8, 4) is 5.75 Å². The van der Waals surface area contributed by atoms with Gasteiger partial charge in [0.25, 0.3) is 5.92 Å². The second-order valence-electron chi connectivity index (χ2n) is 5.34. The molecule has 106 valence electrons. The van der Waals surface area contributed by atoms with Crippen LogP contribution in [0.2, 0.25) is 0 Å². The molecule has 1 saturated heterocycles. The second-order valence-corrected chi connectivity index (χ2v) is 5.34. The third-order valence-corrected chi connectivity index (χ3v) is 4.16. The van der Waals surface area contributed by atoms with Crippen LogP contribution in [0, 0.1) is 26.7 Å². The number of aryl methyl sites for hydroxylation is 1. The molecule has 0 aliphatic carbocycles. The molecule has 2 rings (SSSR count). The minimum atomic E-state index is -2.78. The van der Waals surface area contributed by atoms with Gasteiger partial charge in [-0.25, -0.2) is 8.78 Å². The highest BCUT2D eigenvalue weighted by molar-refractivity contribution is 5.50. The van der Waals surface area contributed by atoms with E-state index in [-0.39, 0.29) is 5.56 Å². The number of hydrogen-bond acceptors (Lipinski definition) is 2. The van der Waals surface area contributed by atoms with Gasteiger partial charge in [0.2, 0.25) is 0 Å². The van der Waals surface area contributed by atoms with E-state index in [0.29, 0.717) is 30.8 Å². The molecule has 1 aliphatic heterocycles. The Morgan fingerprint density at radius 1 is 1.26 bits per heavy atom. The van der Waals surface area contributed by atoms with E-state index < -0.39 is 11.8 Å². The zero-order chi connectivity index (χ0) is 14.2. The fraction of sp³-hybridized carbons (Fsp3) is 0.600. The van der Waals surface area contributed by atoms with Crippen molar-refractivity contribution in [2.75, 3.05) is 20.2 Å². The SMILES string of the molecule is COc1c(C)cc(C(F)(F)C2CCNC2)c(C)c1C. The third kappa shape index (κ3) is 2.34. The maximum atomic E-state index is 14.6. The van der Waals surface area contributed by atoms with Crippen molar-refractivity contribution >= 4 is 0 Å². The van der Waals surface area contributed by atoms with E-state index in [0.717, 1.165) is 11.1 Å². The summed E-state index contributed by atoms with van der Waals surface area (Å²) in [7, 11) is 1.58. The number of methoxy groups -OCH3 is 1. The van der Waals surface area contributed by atoms with E-state index in [9.17, 15) is 8.78 Å². The number of hydrogen-bond donors (Lipinski definition) is 1. The predicted octanol–water partition coefficient (Wildman–Crippen LogP) is 3.32. The van der Waals surface area contributed by atoms with E-state index in [2.05, 4.69) is 5.32 Å². The first-order valence-corrected chi connectivity index (χ1v) is 6.63.